The Bertz CT molecular complexity index is 766. The summed E-state index contributed by atoms with van der Waals surface area (Å²) in [4.78, 5) is 0. The Morgan fingerprint density at radius 2 is 1.52 bits per heavy atom. The molecular weight excluding hydrogens is 376 g/mol. The second-order valence-electron chi connectivity index (χ2n) is 14.2. The summed E-state index contributed by atoms with van der Waals surface area (Å²) in [6.07, 6.45) is 16.1. The molecule has 1 nitrogen and oxygen atoms in total. The van der Waals surface area contributed by atoms with E-state index in [1.54, 1.807) is 5.57 Å². The van der Waals surface area contributed by atoms with Crippen LogP contribution in [0.1, 0.15) is 113 Å². The summed E-state index contributed by atoms with van der Waals surface area (Å²) in [7, 11) is 0. The van der Waals surface area contributed by atoms with Crippen molar-refractivity contribution in [1.82, 2.24) is 0 Å². The minimum absolute atomic E-state index is 0.153. The topological polar surface area (TPSA) is 20.2 Å². The predicted octanol–water partition coefficient (Wildman–Crippen LogP) is 8.03. The highest BCUT2D eigenvalue weighted by molar-refractivity contribution is 5.26. The SMILES string of the molecule is CC1=CCCC2C1(C)CCC1C2(CO)CCC2(C)C3CCC(C(C)C)C3(C)CCC12C. The molecule has 9 unspecified atom stereocenters. The zero-order chi connectivity index (χ0) is 22.4. The molecule has 0 radical (unpaired) electrons. The Balaban J connectivity index is 1.56. The minimum Gasteiger partial charge on any atom is -0.396 e. The van der Waals surface area contributed by atoms with Gasteiger partial charge in [-0.2, -0.15) is 0 Å². The summed E-state index contributed by atoms with van der Waals surface area (Å²) in [5.74, 6) is 3.98. The standard InChI is InChI=1S/C30H50O/c1-20(2)22-11-12-23-27(22,5)15-16-29(7)25-13-14-26(4)21(3)9-8-10-24(26)30(25,19-31)18-17-28(23,29)6/h9,20,22-25,31H,8,10-19H2,1-7H3. The lowest BCUT2D eigenvalue weighted by atomic mass is 9.31. The molecule has 0 heterocycles. The van der Waals surface area contributed by atoms with Gasteiger partial charge in [0.25, 0.3) is 0 Å². The highest BCUT2D eigenvalue weighted by Gasteiger charge is 2.71. The fourth-order valence-corrected chi connectivity index (χ4v) is 11.7. The summed E-state index contributed by atoms with van der Waals surface area (Å²) >= 11 is 0. The number of hydrogen-bond acceptors (Lipinski definition) is 1. The largest absolute Gasteiger partial charge is 0.396 e. The number of allylic oxidation sites excluding steroid dienone is 2. The van der Waals surface area contributed by atoms with Crippen molar-refractivity contribution in [3.05, 3.63) is 11.6 Å². The van der Waals surface area contributed by atoms with Gasteiger partial charge in [0.2, 0.25) is 0 Å². The van der Waals surface area contributed by atoms with E-state index >= 15 is 0 Å². The quantitative estimate of drug-likeness (QED) is 0.443. The molecule has 0 amide bonds. The Kier molecular flexibility index (Phi) is 4.98. The van der Waals surface area contributed by atoms with Crippen LogP contribution in [0.25, 0.3) is 0 Å². The molecule has 0 aromatic heterocycles. The van der Waals surface area contributed by atoms with E-state index in [4.69, 9.17) is 0 Å². The molecule has 1 N–H and O–H groups in total. The molecule has 0 aromatic rings. The number of aliphatic hydroxyl groups is 1. The van der Waals surface area contributed by atoms with Crippen molar-refractivity contribution in [1.29, 1.82) is 0 Å². The van der Waals surface area contributed by atoms with Crippen molar-refractivity contribution in [3.8, 4) is 0 Å². The fourth-order valence-electron chi connectivity index (χ4n) is 11.7. The van der Waals surface area contributed by atoms with E-state index in [1.807, 2.05) is 0 Å². The Labute approximate surface area is 192 Å². The van der Waals surface area contributed by atoms with Crippen molar-refractivity contribution >= 4 is 0 Å². The van der Waals surface area contributed by atoms with Gasteiger partial charge >= 0.3 is 0 Å². The van der Waals surface area contributed by atoms with Crippen LogP contribution in [0.5, 0.6) is 0 Å². The highest BCUT2D eigenvalue weighted by atomic mass is 16.3. The first-order chi connectivity index (χ1) is 14.5. The van der Waals surface area contributed by atoms with Gasteiger partial charge in [-0.3, -0.25) is 0 Å². The molecule has 5 rings (SSSR count). The molecule has 0 aromatic carbocycles. The van der Waals surface area contributed by atoms with E-state index < -0.39 is 0 Å². The van der Waals surface area contributed by atoms with Gasteiger partial charge in [0.15, 0.2) is 0 Å². The molecular formula is C30H50O. The van der Waals surface area contributed by atoms with E-state index in [0.29, 0.717) is 40.1 Å². The molecule has 1 heteroatoms. The van der Waals surface area contributed by atoms with Crippen LogP contribution in [0.2, 0.25) is 0 Å². The van der Waals surface area contributed by atoms with Gasteiger partial charge < -0.3 is 5.11 Å². The molecule has 0 aliphatic heterocycles. The smallest absolute Gasteiger partial charge is 0.0493 e. The first-order valence-electron chi connectivity index (χ1n) is 13.8. The van der Waals surface area contributed by atoms with E-state index in [9.17, 15) is 5.11 Å². The van der Waals surface area contributed by atoms with Gasteiger partial charge in [0.1, 0.15) is 0 Å². The van der Waals surface area contributed by atoms with Crippen molar-refractivity contribution < 1.29 is 5.11 Å². The van der Waals surface area contributed by atoms with Gasteiger partial charge in [0.05, 0.1) is 0 Å². The zero-order valence-electron chi connectivity index (χ0n) is 21.7. The average Bonchev–Trinajstić information content (AvgIpc) is 3.09. The average molecular weight is 427 g/mol. The zero-order valence-corrected chi connectivity index (χ0v) is 21.7. The lowest BCUT2D eigenvalue weighted by Crippen LogP contribution is -2.67. The van der Waals surface area contributed by atoms with Crippen LogP contribution in [0, 0.1) is 56.7 Å². The Morgan fingerprint density at radius 3 is 2.19 bits per heavy atom. The van der Waals surface area contributed by atoms with Crippen molar-refractivity contribution in [2.75, 3.05) is 6.61 Å². The van der Waals surface area contributed by atoms with Gasteiger partial charge in [0, 0.05) is 12.0 Å². The third kappa shape index (κ3) is 2.54. The maximum atomic E-state index is 11.1. The monoisotopic (exact) mass is 426 g/mol. The lowest BCUT2D eigenvalue weighted by molar-refractivity contribution is -0.249. The fraction of sp³-hybridized carbons (Fsp3) is 0.933. The lowest BCUT2D eigenvalue weighted by Gasteiger charge is -2.73. The van der Waals surface area contributed by atoms with Crippen LogP contribution < -0.4 is 0 Å². The molecule has 176 valence electrons. The first-order valence-corrected chi connectivity index (χ1v) is 13.8. The highest BCUT2D eigenvalue weighted by Crippen LogP contribution is 2.78. The first kappa shape index (κ1) is 22.5. The van der Waals surface area contributed by atoms with Crippen LogP contribution in [0.15, 0.2) is 11.6 Å². The van der Waals surface area contributed by atoms with Gasteiger partial charge in [-0.15, -0.1) is 0 Å². The maximum Gasteiger partial charge on any atom is 0.0493 e. The second kappa shape index (κ2) is 6.86. The predicted molar refractivity (Wildman–Crippen MR) is 131 cm³/mol. The maximum absolute atomic E-state index is 11.1. The molecule has 5 aliphatic rings. The molecule has 0 spiro atoms. The third-order valence-corrected chi connectivity index (χ3v) is 13.6. The molecule has 9 atom stereocenters. The van der Waals surface area contributed by atoms with Gasteiger partial charge in [-0.25, -0.2) is 0 Å². The second-order valence-corrected chi connectivity index (χ2v) is 14.2. The van der Waals surface area contributed by atoms with Crippen LogP contribution >= 0.6 is 0 Å². The molecule has 4 fully saturated rings. The van der Waals surface area contributed by atoms with Crippen LogP contribution in [-0.4, -0.2) is 11.7 Å². The van der Waals surface area contributed by atoms with E-state index in [1.165, 1.54) is 64.2 Å². The molecule has 5 aliphatic carbocycles. The molecule has 4 saturated carbocycles. The van der Waals surface area contributed by atoms with Gasteiger partial charge in [-0.1, -0.05) is 53.2 Å². The van der Waals surface area contributed by atoms with Crippen LogP contribution in [-0.2, 0) is 0 Å². The summed E-state index contributed by atoms with van der Waals surface area (Å²) in [5, 5.41) is 11.1. The van der Waals surface area contributed by atoms with Crippen LogP contribution in [0.3, 0.4) is 0 Å². The third-order valence-electron chi connectivity index (χ3n) is 13.6. The van der Waals surface area contributed by atoms with Crippen LogP contribution in [0.4, 0.5) is 0 Å². The van der Waals surface area contributed by atoms with Gasteiger partial charge in [-0.05, 0) is 122 Å². The Morgan fingerprint density at radius 1 is 0.839 bits per heavy atom. The van der Waals surface area contributed by atoms with E-state index in [0.717, 1.165) is 17.8 Å². The molecule has 0 bridgehead atoms. The van der Waals surface area contributed by atoms with E-state index in [-0.39, 0.29) is 5.41 Å². The number of rotatable bonds is 2. The molecule has 31 heavy (non-hydrogen) atoms. The number of fused-ring (bicyclic) bond motifs is 7. The number of hydrogen-bond donors (Lipinski definition) is 1. The number of aliphatic hydroxyl groups excluding tert-OH is 1. The summed E-state index contributed by atoms with van der Waals surface area (Å²) < 4.78 is 0. The normalized spacial score (nSPS) is 56.4. The summed E-state index contributed by atoms with van der Waals surface area (Å²) in [6.45, 7) is 18.4. The van der Waals surface area contributed by atoms with Crippen molar-refractivity contribution in [2.24, 2.45) is 56.7 Å². The summed E-state index contributed by atoms with van der Waals surface area (Å²) in [5.41, 5.74) is 3.47. The summed E-state index contributed by atoms with van der Waals surface area (Å²) in [6, 6.07) is 0. The Hall–Kier alpha value is -0.300. The molecule has 0 saturated heterocycles. The van der Waals surface area contributed by atoms with Crippen molar-refractivity contribution in [2.45, 2.75) is 113 Å². The minimum atomic E-state index is 0.153. The van der Waals surface area contributed by atoms with Crippen molar-refractivity contribution in [3.63, 3.8) is 0 Å². The van der Waals surface area contributed by atoms with E-state index in [2.05, 4.69) is 54.5 Å².